The summed E-state index contributed by atoms with van der Waals surface area (Å²) in [5, 5.41) is 12.0. The van der Waals surface area contributed by atoms with Crippen LogP contribution in [0.25, 0.3) is 0 Å². The zero-order chi connectivity index (χ0) is 17.1. The topological polar surface area (TPSA) is 73.1 Å². The molecule has 0 bridgehead atoms. The second kappa shape index (κ2) is 6.72. The number of rotatable bonds is 5. The molecule has 2 heterocycles. The van der Waals surface area contributed by atoms with Crippen molar-refractivity contribution in [1.82, 2.24) is 25.1 Å². The van der Waals surface area contributed by atoms with Crippen LogP contribution in [-0.2, 0) is 17.8 Å². The summed E-state index contributed by atoms with van der Waals surface area (Å²) < 4.78 is 6.98. The van der Waals surface area contributed by atoms with Crippen molar-refractivity contribution in [2.75, 3.05) is 6.61 Å². The van der Waals surface area contributed by atoms with Crippen LogP contribution < -0.4 is 0 Å². The molecule has 1 saturated heterocycles. The number of nitrogens with zero attached hydrogens (tertiary/aromatic N) is 5. The third kappa shape index (κ3) is 3.21. The monoisotopic (exact) mass is 335 g/mol. The average molecular weight is 335 g/mol. The molecule has 0 unspecified atom stereocenters. The smallest absolute Gasteiger partial charge is 0.410 e. The Kier molecular flexibility index (Phi) is 4.12. The predicted octanol–water partition coefficient (Wildman–Crippen LogP) is 2.41. The number of ether oxygens (including phenoxy) is 1. The van der Waals surface area contributed by atoms with Gasteiger partial charge in [-0.2, -0.15) is 0 Å². The maximum absolute atomic E-state index is 12.2. The lowest BCUT2D eigenvalue weighted by molar-refractivity contribution is 0.156. The molecule has 2 aromatic carbocycles. The maximum atomic E-state index is 12.2. The highest BCUT2D eigenvalue weighted by atomic mass is 16.6. The number of carbonyl (C=O) groups is 1. The number of cyclic esters (lactones) is 1. The highest BCUT2D eigenvalue weighted by molar-refractivity contribution is 5.70. The highest BCUT2D eigenvalue weighted by Crippen LogP contribution is 2.28. The zero-order valence-electron chi connectivity index (χ0n) is 13.5. The third-order valence-corrected chi connectivity index (χ3v) is 4.20. The fourth-order valence-corrected chi connectivity index (χ4v) is 2.94. The van der Waals surface area contributed by atoms with Gasteiger partial charge in [0, 0.05) is 6.54 Å². The quantitative estimate of drug-likeness (QED) is 0.716. The van der Waals surface area contributed by atoms with Crippen molar-refractivity contribution < 1.29 is 9.53 Å². The molecule has 0 spiro atoms. The Labute approximate surface area is 144 Å². The summed E-state index contributed by atoms with van der Waals surface area (Å²) in [6.07, 6.45) is -0.344. The summed E-state index contributed by atoms with van der Waals surface area (Å²) in [5.41, 5.74) is 2.13. The molecule has 1 fully saturated rings. The van der Waals surface area contributed by atoms with Crippen LogP contribution in [-0.4, -0.2) is 37.8 Å². The lowest BCUT2D eigenvalue weighted by Gasteiger charge is -2.20. The van der Waals surface area contributed by atoms with Gasteiger partial charge >= 0.3 is 6.09 Å². The Hall–Kier alpha value is -3.22. The third-order valence-electron chi connectivity index (χ3n) is 4.20. The van der Waals surface area contributed by atoms with E-state index in [-0.39, 0.29) is 18.7 Å². The van der Waals surface area contributed by atoms with Crippen LogP contribution in [0.2, 0.25) is 0 Å². The van der Waals surface area contributed by atoms with Gasteiger partial charge in [0.1, 0.15) is 12.6 Å². The van der Waals surface area contributed by atoms with Gasteiger partial charge in [-0.15, -0.1) is 5.10 Å². The van der Waals surface area contributed by atoms with Gasteiger partial charge in [0.05, 0.1) is 6.54 Å². The van der Waals surface area contributed by atoms with E-state index in [1.165, 1.54) is 0 Å². The molecule has 4 rings (SSSR count). The summed E-state index contributed by atoms with van der Waals surface area (Å²) in [6, 6.07) is 19.5. The molecule has 126 valence electrons. The normalized spacial score (nSPS) is 16.9. The first-order chi connectivity index (χ1) is 12.3. The first-order valence-electron chi connectivity index (χ1n) is 8.08. The van der Waals surface area contributed by atoms with Crippen LogP contribution >= 0.6 is 0 Å². The summed E-state index contributed by atoms with van der Waals surface area (Å²) in [6.45, 7) is 1.26. The minimum Gasteiger partial charge on any atom is -0.447 e. The Morgan fingerprint density at radius 1 is 0.960 bits per heavy atom. The van der Waals surface area contributed by atoms with Crippen molar-refractivity contribution in [2.24, 2.45) is 0 Å². The molecule has 0 radical (unpaired) electrons. The van der Waals surface area contributed by atoms with E-state index >= 15 is 0 Å². The van der Waals surface area contributed by atoms with E-state index in [0.29, 0.717) is 18.9 Å². The summed E-state index contributed by atoms with van der Waals surface area (Å²) in [5.74, 6) is 0.630. The fraction of sp³-hybridized carbons (Fsp3) is 0.222. The van der Waals surface area contributed by atoms with Gasteiger partial charge < -0.3 is 4.74 Å². The lowest BCUT2D eigenvalue weighted by atomic mass is 10.2. The number of carbonyl (C=O) groups excluding carboxylic acids is 1. The number of tetrazole rings is 1. The van der Waals surface area contributed by atoms with Gasteiger partial charge in [-0.05, 0) is 21.6 Å². The van der Waals surface area contributed by atoms with E-state index in [1.807, 2.05) is 60.7 Å². The van der Waals surface area contributed by atoms with Gasteiger partial charge in [-0.1, -0.05) is 60.7 Å². The number of amides is 1. The van der Waals surface area contributed by atoms with Gasteiger partial charge in [0.15, 0.2) is 5.82 Å². The SMILES string of the molecule is O=C1OC[C@H](c2nnnn2Cc2ccccc2)N1Cc1ccccc1. The Bertz CT molecular complexity index is 850. The molecule has 0 saturated carbocycles. The van der Waals surface area contributed by atoms with Crippen LogP contribution in [0, 0.1) is 0 Å². The molecule has 1 aromatic heterocycles. The standard InChI is InChI=1S/C18H17N5O2/c24-18-22(11-14-7-3-1-4-8-14)16(13-25-18)17-19-20-21-23(17)12-15-9-5-2-6-10-15/h1-10,16H,11-13H2/t16-/m1/s1. The van der Waals surface area contributed by atoms with E-state index < -0.39 is 0 Å². The molecular weight excluding hydrogens is 318 g/mol. The number of aromatic nitrogens is 4. The van der Waals surface area contributed by atoms with Crippen molar-refractivity contribution in [2.45, 2.75) is 19.1 Å². The lowest BCUT2D eigenvalue weighted by Crippen LogP contribution is -2.29. The van der Waals surface area contributed by atoms with Gasteiger partial charge in [0.2, 0.25) is 0 Å². The molecule has 1 atom stereocenters. The molecule has 1 aliphatic heterocycles. The zero-order valence-corrected chi connectivity index (χ0v) is 13.5. The van der Waals surface area contributed by atoms with Crippen LogP contribution in [0.4, 0.5) is 4.79 Å². The summed E-state index contributed by atoms with van der Waals surface area (Å²) in [4.78, 5) is 13.8. The number of hydrogen-bond donors (Lipinski definition) is 0. The molecular formula is C18H17N5O2. The molecule has 0 N–H and O–H groups in total. The molecule has 1 amide bonds. The fourth-order valence-electron chi connectivity index (χ4n) is 2.94. The Balaban J connectivity index is 1.58. The van der Waals surface area contributed by atoms with Gasteiger partial charge in [-0.25, -0.2) is 9.48 Å². The molecule has 0 aliphatic carbocycles. The van der Waals surface area contributed by atoms with E-state index in [9.17, 15) is 4.79 Å². The van der Waals surface area contributed by atoms with E-state index in [0.717, 1.165) is 11.1 Å². The van der Waals surface area contributed by atoms with Crippen molar-refractivity contribution in [3.05, 3.63) is 77.6 Å². The molecule has 1 aliphatic rings. The summed E-state index contributed by atoms with van der Waals surface area (Å²) in [7, 11) is 0. The predicted molar refractivity (Wildman–Crippen MR) is 89.4 cm³/mol. The van der Waals surface area contributed by atoms with Gasteiger partial charge in [-0.3, -0.25) is 4.90 Å². The first kappa shape index (κ1) is 15.3. The van der Waals surface area contributed by atoms with Crippen molar-refractivity contribution in [1.29, 1.82) is 0 Å². The maximum Gasteiger partial charge on any atom is 0.410 e. The van der Waals surface area contributed by atoms with Crippen molar-refractivity contribution >= 4 is 6.09 Å². The molecule has 7 heteroatoms. The highest BCUT2D eigenvalue weighted by Gasteiger charge is 2.37. The molecule has 25 heavy (non-hydrogen) atoms. The largest absolute Gasteiger partial charge is 0.447 e. The van der Waals surface area contributed by atoms with Crippen molar-refractivity contribution in [3.63, 3.8) is 0 Å². The Morgan fingerprint density at radius 2 is 1.60 bits per heavy atom. The average Bonchev–Trinajstić information content (AvgIpc) is 3.24. The van der Waals surface area contributed by atoms with Crippen LogP contribution in [0.1, 0.15) is 23.0 Å². The van der Waals surface area contributed by atoms with E-state index in [4.69, 9.17) is 4.74 Å². The Morgan fingerprint density at radius 3 is 2.28 bits per heavy atom. The number of benzene rings is 2. The van der Waals surface area contributed by atoms with Crippen LogP contribution in [0.15, 0.2) is 60.7 Å². The first-order valence-corrected chi connectivity index (χ1v) is 8.08. The number of hydrogen-bond acceptors (Lipinski definition) is 5. The van der Waals surface area contributed by atoms with E-state index in [2.05, 4.69) is 15.5 Å². The van der Waals surface area contributed by atoms with Gasteiger partial charge in [0.25, 0.3) is 0 Å². The van der Waals surface area contributed by atoms with Crippen LogP contribution in [0.5, 0.6) is 0 Å². The summed E-state index contributed by atoms with van der Waals surface area (Å²) >= 11 is 0. The van der Waals surface area contributed by atoms with Crippen molar-refractivity contribution in [3.8, 4) is 0 Å². The van der Waals surface area contributed by atoms with E-state index in [1.54, 1.807) is 9.58 Å². The van der Waals surface area contributed by atoms with Crippen LogP contribution in [0.3, 0.4) is 0 Å². The minimum absolute atomic E-state index is 0.251. The molecule has 7 nitrogen and oxygen atoms in total. The second-order valence-corrected chi connectivity index (χ2v) is 5.89. The molecule has 3 aromatic rings. The second-order valence-electron chi connectivity index (χ2n) is 5.89. The minimum atomic E-state index is -0.344.